The zero-order chi connectivity index (χ0) is 10.7. The highest BCUT2D eigenvalue weighted by atomic mass is 32.1. The minimum Gasteiger partial charge on any atom is -0.389 e. The van der Waals surface area contributed by atoms with E-state index >= 15 is 0 Å². The molecule has 0 amide bonds. The molecule has 0 radical (unpaired) electrons. The van der Waals surface area contributed by atoms with Gasteiger partial charge in [-0.25, -0.2) is 0 Å². The van der Waals surface area contributed by atoms with Gasteiger partial charge in [0.1, 0.15) is 4.99 Å². The van der Waals surface area contributed by atoms with Gasteiger partial charge in [0.05, 0.1) is 0 Å². The lowest BCUT2D eigenvalue weighted by atomic mass is 10.0. The zero-order valence-electron chi connectivity index (χ0n) is 8.18. The van der Waals surface area contributed by atoms with E-state index in [1.54, 1.807) is 0 Å². The van der Waals surface area contributed by atoms with Gasteiger partial charge in [-0.05, 0) is 11.1 Å². The van der Waals surface area contributed by atoms with Crippen LogP contribution in [0.25, 0.3) is 11.1 Å². The summed E-state index contributed by atoms with van der Waals surface area (Å²) in [6.07, 6.45) is 0. The fourth-order valence-corrected chi connectivity index (χ4v) is 1.59. The highest BCUT2D eigenvalue weighted by Gasteiger charge is 1.98. The molecule has 0 fully saturated rings. The van der Waals surface area contributed by atoms with Crippen molar-refractivity contribution in [2.75, 3.05) is 0 Å². The van der Waals surface area contributed by atoms with Crippen molar-refractivity contribution in [1.29, 1.82) is 0 Å². The van der Waals surface area contributed by atoms with E-state index in [1.165, 1.54) is 11.1 Å². The van der Waals surface area contributed by atoms with Gasteiger partial charge in [0.25, 0.3) is 0 Å². The molecule has 2 N–H and O–H groups in total. The summed E-state index contributed by atoms with van der Waals surface area (Å²) in [4.78, 5) is 0.439. The van der Waals surface area contributed by atoms with Crippen molar-refractivity contribution < 1.29 is 0 Å². The first-order chi connectivity index (χ1) is 7.27. The second-order valence-electron chi connectivity index (χ2n) is 3.31. The number of hydrogen-bond acceptors (Lipinski definition) is 1. The minimum absolute atomic E-state index is 0.439. The Balaban J connectivity index is 2.36. The number of thiocarbonyl (C=S) groups is 1. The lowest BCUT2D eigenvalue weighted by molar-refractivity contribution is 1.59. The van der Waals surface area contributed by atoms with Gasteiger partial charge in [-0.1, -0.05) is 66.8 Å². The van der Waals surface area contributed by atoms with Crippen molar-refractivity contribution in [3.8, 4) is 11.1 Å². The maximum absolute atomic E-state index is 5.53. The Morgan fingerprint density at radius 3 is 1.87 bits per heavy atom. The molecule has 74 valence electrons. The number of rotatable bonds is 2. The maximum atomic E-state index is 5.53. The van der Waals surface area contributed by atoms with Crippen molar-refractivity contribution in [2.45, 2.75) is 0 Å². The Morgan fingerprint density at radius 2 is 1.33 bits per heavy atom. The van der Waals surface area contributed by atoms with Gasteiger partial charge in [0.15, 0.2) is 0 Å². The third-order valence-electron chi connectivity index (χ3n) is 2.28. The summed E-state index contributed by atoms with van der Waals surface area (Å²) in [5, 5.41) is 0. The highest BCUT2D eigenvalue weighted by Crippen LogP contribution is 2.18. The van der Waals surface area contributed by atoms with Gasteiger partial charge in [-0.15, -0.1) is 0 Å². The summed E-state index contributed by atoms with van der Waals surface area (Å²) in [7, 11) is 0. The van der Waals surface area contributed by atoms with Gasteiger partial charge in [0, 0.05) is 5.56 Å². The molecule has 2 heteroatoms. The van der Waals surface area contributed by atoms with Crippen LogP contribution >= 0.6 is 12.2 Å². The van der Waals surface area contributed by atoms with E-state index in [0.29, 0.717) is 4.99 Å². The Hall–Kier alpha value is -1.67. The average molecular weight is 213 g/mol. The van der Waals surface area contributed by atoms with Gasteiger partial charge in [0.2, 0.25) is 0 Å². The molecule has 0 saturated heterocycles. The molecular weight excluding hydrogens is 202 g/mol. The maximum Gasteiger partial charge on any atom is 0.103 e. The zero-order valence-corrected chi connectivity index (χ0v) is 9.00. The van der Waals surface area contributed by atoms with Crippen molar-refractivity contribution in [3.05, 3.63) is 60.2 Å². The largest absolute Gasteiger partial charge is 0.389 e. The first kappa shape index (κ1) is 9.87. The standard InChI is InChI=1S/C13H11NS/c14-13(15)12-8-6-11(7-9-12)10-4-2-1-3-5-10/h1-9H,(H2,14,15). The smallest absolute Gasteiger partial charge is 0.103 e. The van der Waals surface area contributed by atoms with Crippen molar-refractivity contribution in [3.63, 3.8) is 0 Å². The Labute approximate surface area is 94.6 Å². The predicted octanol–water partition coefficient (Wildman–Crippen LogP) is 2.99. The molecule has 0 aliphatic rings. The third-order valence-corrected chi connectivity index (χ3v) is 2.51. The van der Waals surface area contributed by atoms with E-state index in [2.05, 4.69) is 12.1 Å². The molecular formula is C13H11NS. The topological polar surface area (TPSA) is 26.0 Å². The summed E-state index contributed by atoms with van der Waals surface area (Å²) in [5.41, 5.74) is 8.82. The van der Waals surface area contributed by atoms with Crippen LogP contribution in [0.2, 0.25) is 0 Å². The molecule has 0 saturated carbocycles. The van der Waals surface area contributed by atoms with Crippen LogP contribution in [0.15, 0.2) is 54.6 Å². The second kappa shape index (κ2) is 4.24. The number of nitrogens with two attached hydrogens (primary N) is 1. The minimum atomic E-state index is 0.439. The molecule has 0 unspecified atom stereocenters. The molecule has 0 heterocycles. The van der Waals surface area contributed by atoms with E-state index in [4.69, 9.17) is 18.0 Å². The fraction of sp³-hybridized carbons (Fsp3) is 0. The molecule has 0 aromatic heterocycles. The first-order valence-electron chi connectivity index (χ1n) is 4.72. The molecule has 1 nitrogen and oxygen atoms in total. The van der Waals surface area contributed by atoms with Gasteiger partial charge < -0.3 is 5.73 Å². The summed E-state index contributed by atoms with van der Waals surface area (Å²) < 4.78 is 0. The van der Waals surface area contributed by atoms with Crippen molar-refractivity contribution in [1.82, 2.24) is 0 Å². The molecule has 15 heavy (non-hydrogen) atoms. The van der Waals surface area contributed by atoms with Gasteiger partial charge >= 0.3 is 0 Å². The van der Waals surface area contributed by atoms with E-state index in [1.807, 2.05) is 42.5 Å². The molecule has 0 aliphatic carbocycles. The van der Waals surface area contributed by atoms with Gasteiger partial charge in [-0.2, -0.15) is 0 Å². The quantitative estimate of drug-likeness (QED) is 0.776. The Morgan fingerprint density at radius 1 is 0.800 bits per heavy atom. The SMILES string of the molecule is NC(=S)c1ccc(-c2ccccc2)cc1. The van der Waals surface area contributed by atoms with Gasteiger partial charge in [-0.3, -0.25) is 0 Å². The summed E-state index contributed by atoms with van der Waals surface area (Å²) in [5.74, 6) is 0. The summed E-state index contributed by atoms with van der Waals surface area (Å²) in [6, 6.07) is 18.2. The van der Waals surface area contributed by atoms with Crippen molar-refractivity contribution >= 4 is 17.2 Å². The normalized spacial score (nSPS) is 9.87. The van der Waals surface area contributed by atoms with Crippen LogP contribution in [-0.2, 0) is 0 Å². The average Bonchev–Trinajstić information content (AvgIpc) is 2.30. The Bertz CT molecular complexity index is 460. The Kier molecular flexibility index (Phi) is 2.79. The second-order valence-corrected chi connectivity index (χ2v) is 3.75. The number of benzene rings is 2. The van der Waals surface area contributed by atoms with Crippen LogP contribution in [0, 0.1) is 0 Å². The van der Waals surface area contributed by atoms with E-state index < -0.39 is 0 Å². The lowest BCUT2D eigenvalue weighted by Crippen LogP contribution is -2.08. The summed E-state index contributed by atoms with van der Waals surface area (Å²) in [6.45, 7) is 0. The predicted molar refractivity (Wildman–Crippen MR) is 67.8 cm³/mol. The first-order valence-corrected chi connectivity index (χ1v) is 5.13. The van der Waals surface area contributed by atoms with Crippen LogP contribution in [0.5, 0.6) is 0 Å². The van der Waals surface area contributed by atoms with Crippen LogP contribution in [0.1, 0.15) is 5.56 Å². The molecule has 0 aliphatic heterocycles. The highest BCUT2D eigenvalue weighted by molar-refractivity contribution is 7.80. The molecule has 0 spiro atoms. The number of hydrogen-bond donors (Lipinski definition) is 1. The van der Waals surface area contributed by atoms with E-state index in [9.17, 15) is 0 Å². The van der Waals surface area contributed by atoms with Crippen molar-refractivity contribution in [2.24, 2.45) is 5.73 Å². The molecule has 0 atom stereocenters. The molecule has 2 aromatic carbocycles. The van der Waals surface area contributed by atoms with Crippen LogP contribution in [-0.4, -0.2) is 4.99 Å². The summed E-state index contributed by atoms with van der Waals surface area (Å²) >= 11 is 4.90. The molecule has 0 bridgehead atoms. The van der Waals surface area contributed by atoms with Crippen LogP contribution < -0.4 is 5.73 Å². The van der Waals surface area contributed by atoms with E-state index in [0.717, 1.165) is 5.56 Å². The third kappa shape index (κ3) is 2.22. The van der Waals surface area contributed by atoms with Crippen LogP contribution in [0.4, 0.5) is 0 Å². The molecule has 2 rings (SSSR count). The van der Waals surface area contributed by atoms with E-state index in [-0.39, 0.29) is 0 Å². The lowest BCUT2D eigenvalue weighted by Gasteiger charge is -2.02. The fourth-order valence-electron chi connectivity index (χ4n) is 1.46. The monoisotopic (exact) mass is 213 g/mol. The molecule has 2 aromatic rings. The van der Waals surface area contributed by atoms with Crippen LogP contribution in [0.3, 0.4) is 0 Å².